The number of carbonyl (C=O) groups excluding carboxylic acids is 2. The van der Waals surface area contributed by atoms with Crippen LogP contribution in [-0.2, 0) is 11.2 Å². The molecular formula is C32H47N3O2. The smallest absolute Gasteiger partial charge is 0.255 e. The molecule has 0 aromatic heterocycles. The molecule has 0 saturated carbocycles. The highest BCUT2D eigenvalue weighted by Gasteiger charge is 2.24. The molecule has 37 heavy (non-hydrogen) atoms. The summed E-state index contributed by atoms with van der Waals surface area (Å²) >= 11 is 0. The Hall–Kier alpha value is -2.82. The number of aryl methyl sites for hydroxylation is 1. The van der Waals surface area contributed by atoms with Crippen LogP contribution in [0.1, 0.15) is 89.1 Å². The van der Waals surface area contributed by atoms with Gasteiger partial charge in [0.15, 0.2) is 0 Å². The minimum Gasteiger partial charge on any atom is -0.368 e. The van der Waals surface area contributed by atoms with Gasteiger partial charge < -0.3 is 15.1 Å². The molecule has 5 nitrogen and oxygen atoms in total. The summed E-state index contributed by atoms with van der Waals surface area (Å²) in [7, 11) is 0. The molecular weight excluding hydrogens is 458 g/mol. The van der Waals surface area contributed by atoms with Gasteiger partial charge in [-0.15, -0.1) is 0 Å². The van der Waals surface area contributed by atoms with Crippen LogP contribution in [0.25, 0.3) is 0 Å². The van der Waals surface area contributed by atoms with E-state index in [0.29, 0.717) is 17.9 Å². The van der Waals surface area contributed by atoms with Gasteiger partial charge in [0.25, 0.3) is 5.91 Å². The number of rotatable bonds is 11. The van der Waals surface area contributed by atoms with Crippen LogP contribution in [0.2, 0.25) is 0 Å². The first-order valence-corrected chi connectivity index (χ1v) is 14.2. The van der Waals surface area contributed by atoms with E-state index in [1.54, 1.807) is 0 Å². The van der Waals surface area contributed by atoms with Gasteiger partial charge in [-0.25, -0.2) is 0 Å². The van der Waals surface area contributed by atoms with Crippen molar-refractivity contribution in [3.63, 3.8) is 0 Å². The lowest BCUT2D eigenvalue weighted by Crippen LogP contribution is -2.49. The van der Waals surface area contributed by atoms with Crippen molar-refractivity contribution in [3.05, 3.63) is 59.7 Å². The normalized spacial score (nSPS) is 14.9. The van der Waals surface area contributed by atoms with Gasteiger partial charge in [0.1, 0.15) is 0 Å². The number of hydrogen-bond acceptors (Lipinski definition) is 3. The van der Waals surface area contributed by atoms with E-state index < -0.39 is 0 Å². The second-order valence-corrected chi connectivity index (χ2v) is 12.0. The van der Waals surface area contributed by atoms with Crippen molar-refractivity contribution in [3.8, 4) is 0 Å². The number of hydrogen-bond donors (Lipinski definition) is 1. The number of anilines is 2. The molecule has 2 aromatic carbocycles. The second kappa shape index (κ2) is 13.6. The summed E-state index contributed by atoms with van der Waals surface area (Å²) in [5.74, 6) is 0.596. The van der Waals surface area contributed by atoms with Crippen LogP contribution in [0.4, 0.5) is 11.4 Å². The average Bonchev–Trinajstić information content (AvgIpc) is 2.86. The molecule has 1 aliphatic rings. The molecule has 1 saturated heterocycles. The van der Waals surface area contributed by atoms with E-state index in [-0.39, 0.29) is 17.2 Å². The zero-order valence-electron chi connectivity index (χ0n) is 23.7. The third-order valence-electron chi connectivity index (χ3n) is 7.14. The van der Waals surface area contributed by atoms with Crippen LogP contribution in [0.3, 0.4) is 0 Å². The highest BCUT2D eigenvalue weighted by atomic mass is 16.2. The quantitative estimate of drug-likeness (QED) is 0.329. The number of carbonyl (C=O) groups is 2. The Bertz CT molecular complexity index is 984. The lowest BCUT2D eigenvalue weighted by Gasteiger charge is -2.37. The lowest BCUT2D eigenvalue weighted by molar-refractivity contribution is -0.132. The maximum Gasteiger partial charge on any atom is 0.255 e. The van der Waals surface area contributed by atoms with E-state index in [1.807, 2.05) is 29.2 Å². The summed E-state index contributed by atoms with van der Waals surface area (Å²) in [6.07, 6.45) is 7.76. The predicted molar refractivity (Wildman–Crippen MR) is 155 cm³/mol. The highest BCUT2D eigenvalue weighted by Crippen LogP contribution is 2.27. The number of nitrogens with one attached hydrogen (secondary N) is 1. The summed E-state index contributed by atoms with van der Waals surface area (Å²) in [5.41, 5.74) is 4.14. The van der Waals surface area contributed by atoms with Crippen molar-refractivity contribution >= 4 is 23.2 Å². The molecule has 1 fully saturated rings. The standard InChI is InChI=1S/C32H47N3O2/c1-6-7-8-9-10-26-11-13-27(14-12-26)31(37)33-28-15-17-29(18-16-28)34-19-21-35(22-20-34)30(36)23-25(2)24-32(3,4)5/h11-18,25H,6-10,19-24H2,1-5H3,(H,33,37)/t25-/m1/s1. The molecule has 1 aliphatic heterocycles. The summed E-state index contributed by atoms with van der Waals surface area (Å²) in [6.45, 7) is 14.3. The highest BCUT2D eigenvalue weighted by molar-refractivity contribution is 6.04. The van der Waals surface area contributed by atoms with Crippen molar-refractivity contribution in [1.29, 1.82) is 0 Å². The number of benzene rings is 2. The van der Waals surface area contributed by atoms with Gasteiger partial charge >= 0.3 is 0 Å². The molecule has 0 spiro atoms. The van der Waals surface area contributed by atoms with Gasteiger partial charge in [-0.1, -0.05) is 66.0 Å². The molecule has 2 aromatic rings. The van der Waals surface area contributed by atoms with Crippen LogP contribution >= 0.6 is 0 Å². The molecule has 3 rings (SSSR count). The average molecular weight is 506 g/mol. The first kappa shape index (κ1) is 28.7. The molecule has 202 valence electrons. The largest absolute Gasteiger partial charge is 0.368 e. The first-order chi connectivity index (χ1) is 17.6. The fourth-order valence-corrected chi connectivity index (χ4v) is 5.30. The number of unbranched alkanes of at least 4 members (excludes halogenated alkanes) is 3. The fraction of sp³-hybridized carbons (Fsp3) is 0.562. The Morgan fingerprint density at radius 1 is 0.892 bits per heavy atom. The Morgan fingerprint density at radius 2 is 1.54 bits per heavy atom. The zero-order valence-corrected chi connectivity index (χ0v) is 23.7. The van der Waals surface area contributed by atoms with E-state index in [1.165, 1.54) is 31.2 Å². The van der Waals surface area contributed by atoms with Gasteiger partial charge in [0.2, 0.25) is 5.91 Å². The molecule has 1 N–H and O–H groups in total. The van der Waals surface area contributed by atoms with E-state index in [9.17, 15) is 9.59 Å². The van der Waals surface area contributed by atoms with Crippen molar-refractivity contribution < 1.29 is 9.59 Å². The minimum atomic E-state index is -0.0851. The minimum absolute atomic E-state index is 0.0851. The van der Waals surface area contributed by atoms with Crippen LogP contribution in [0, 0.1) is 11.3 Å². The lowest BCUT2D eigenvalue weighted by atomic mass is 9.84. The Morgan fingerprint density at radius 3 is 2.14 bits per heavy atom. The van der Waals surface area contributed by atoms with Crippen molar-refractivity contribution in [1.82, 2.24) is 4.90 Å². The SMILES string of the molecule is CCCCCCc1ccc(C(=O)Nc2ccc(N3CCN(C(=O)C[C@@H](C)CC(C)(C)C)CC3)cc2)cc1. The van der Waals surface area contributed by atoms with Gasteiger partial charge in [-0.3, -0.25) is 9.59 Å². The van der Waals surface area contributed by atoms with Crippen LogP contribution in [0.5, 0.6) is 0 Å². The molecule has 0 bridgehead atoms. The topological polar surface area (TPSA) is 52.7 Å². The van der Waals surface area contributed by atoms with Gasteiger partial charge in [-0.05, 0) is 72.6 Å². The van der Waals surface area contributed by atoms with Gasteiger partial charge in [-0.2, -0.15) is 0 Å². The summed E-state index contributed by atoms with van der Waals surface area (Å²) in [5, 5.41) is 3.01. The van der Waals surface area contributed by atoms with Gasteiger partial charge in [0, 0.05) is 49.5 Å². The summed E-state index contributed by atoms with van der Waals surface area (Å²) in [4.78, 5) is 29.8. The van der Waals surface area contributed by atoms with Gasteiger partial charge in [0.05, 0.1) is 0 Å². The van der Waals surface area contributed by atoms with E-state index in [0.717, 1.165) is 50.4 Å². The maximum absolute atomic E-state index is 12.8. The van der Waals surface area contributed by atoms with E-state index in [2.05, 4.69) is 69.1 Å². The zero-order chi connectivity index (χ0) is 26.8. The maximum atomic E-state index is 12.8. The fourth-order valence-electron chi connectivity index (χ4n) is 5.30. The number of amides is 2. The third-order valence-corrected chi connectivity index (χ3v) is 7.14. The van der Waals surface area contributed by atoms with Crippen LogP contribution < -0.4 is 10.2 Å². The summed E-state index contributed by atoms with van der Waals surface area (Å²) < 4.78 is 0. The van der Waals surface area contributed by atoms with E-state index >= 15 is 0 Å². The molecule has 0 radical (unpaired) electrons. The summed E-state index contributed by atoms with van der Waals surface area (Å²) in [6, 6.07) is 16.0. The van der Waals surface area contributed by atoms with Crippen LogP contribution in [-0.4, -0.2) is 42.9 Å². The monoisotopic (exact) mass is 505 g/mol. The van der Waals surface area contributed by atoms with Crippen molar-refractivity contribution in [2.45, 2.75) is 79.6 Å². The molecule has 1 heterocycles. The van der Waals surface area contributed by atoms with Crippen molar-refractivity contribution in [2.24, 2.45) is 11.3 Å². The number of piperazine rings is 1. The molecule has 2 amide bonds. The predicted octanol–water partition coefficient (Wildman–Crippen LogP) is 7.17. The molecule has 0 aliphatic carbocycles. The Labute approximate surface area is 224 Å². The molecule has 5 heteroatoms. The molecule has 0 unspecified atom stereocenters. The number of nitrogens with zero attached hydrogens (tertiary/aromatic N) is 2. The van der Waals surface area contributed by atoms with Crippen LogP contribution in [0.15, 0.2) is 48.5 Å². The first-order valence-electron chi connectivity index (χ1n) is 14.2. The second-order valence-electron chi connectivity index (χ2n) is 12.0. The molecule has 1 atom stereocenters. The van der Waals surface area contributed by atoms with Crippen molar-refractivity contribution in [2.75, 3.05) is 36.4 Å². The van der Waals surface area contributed by atoms with E-state index in [4.69, 9.17) is 0 Å². The Kier molecular flexibility index (Phi) is 10.6. The Balaban J connectivity index is 1.44. The third kappa shape index (κ3) is 9.53.